The molecule has 2 aromatic carbocycles. The van der Waals surface area contributed by atoms with Crippen LogP contribution in [0.15, 0.2) is 53.0 Å². The van der Waals surface area contributed by atoms with Crippen LogP contribution in [0.3, 0.4) is 0 Å². The van der Waals surface area contributed by atoms with E-state index in [1.807, 2.05) is 57.2 Å². The van der Waals surface area contributed by atoms with E-state index in [0.29, 0.717) is 19.7 Å². The summed E-state index contributed by atoms with van der Waals surface area (Å²) >= 11 is 3.70. The van der Waals surface area contributed by atoms with Crippen molar-refractivity contribution in [1.82, 2.24) is 9.80 Å². The summed E-state index contributed by atoms with van der Waals surface area (Å²) in [6, 6.07) is 16.5. The number of benzene rings is 2. The minimum absolute atomic E-state index is 0.223. The van der Waals surface area contributed by atoms with Crippen LogP contribution in [0.5, 0.6) is 5.75 Å². The first kappa shape index (κ1) is 22.6. The van der Waals surface area contributed by atoms with Gasteiger partial charge in [-0.2, -0.15) is 0 Å². The topological polar surface area (TPSA) is 42.0 Å². The molecule has 0 unspecified atom stereocenters. The maximum Gasteiger partial charge on any atom is 0.410 e. The van der Waals surface area contributed by atoms with Crippen molar-refractivity contribution < 1.29 is 14.3 Å². The zero-order chi connectivity index (χ0) is 21.7. The molecule has 1 amide bonds. The molecule has 6 heteroatoms. The van der Waals surface area contributed by atoms with Crippen molar-refractivity contribution in [3.63, 3.8) is 0 Å². The highest BCUT2D eigenvalue weighted by molar-refractivity contribution is 9.10. The van der Waals surface area contributed by atoms with Crippen LogP contribution in [-0.4, -0.2) is 47.2 Å². The molecule has 162 valence electrons. The summed E-state index contributed by atoms with van der Waals surface area (Å²) in [6.45, 7) is 11.2. The molecule has 1 aliphatic heterocycles. The normalized spacial score (nSPS) is 17.6. The Morgan fingerprint density at radius 3 is 2.50 bits per heavy atom. The first-order valence-electron chi connectivity index (χ1n) is 10.4. The van der Waals surface area contributed by atoms with Gasteiger partial charge in [-0.25, -0.2) is 4.79 Å². The van der Waals surface area contributed by atoms with Crippen molar-refractivity contribution in [2.45, 2.75) is 52.5 Å². The zero-order valence-electron chi connectivity index (χ0n) is 18.2. The molecule has 5 nitrogen and oxygen atoms in total. The molecular formula is C24H31BrN2O3. The Bertz CT molecular complexity index is 851. The van der Waals surface area contributed by atoms with Crippen LogP contribution in [0.4, 0.5) is 4.79 Å². The van der Waals surface area contributed by atoms with Crippen molar-refractivity contribution in [3.05, 3.63) is 64.1 Å². The molecule has 1 aliphatic rings. The van der Waals surface area contributed by atoms with Crippen LogP contribution in [-0.2, 0) is 17.9 Å². The Morgan fingerprint density at radius 1 is 1.10 bits per heavy atom. The first-order chi connectivity index (χ1) is 14.2. The van der Waals surface area contributed by atoms with Gasteiger partial charge in [0, 0.05) is 42.3 Å². The zero-order valence-corrected chi connectivity index (χ0v) is 19.8. The van der Waals surface area contributed by atoms with Crippen molar-refractivity contribution in [1.29, 1.82) is 0 Å². The quantitative estimate of drug-likeness (QED) is 0.575. The minimum atomic E-state index is -0.475. The van der Waals surface area contributed by atoms with E-state index in [-0.39, 0.29) is 12.1 Å². The molecule has 0 spiro atoms. The van der Waals surface area contributed by atoms with Gasteiger partial charge in [0.05, 0.1) is 0 Å². The highest BCUT2D eigenvalue weighted by Crippen LogP contribution is 2.30. The van der Waals surface area contributed by atoms with Crippen LogP contribution < -0.4 is 4.74 Å². The van der Waals surface area contributed by atoms with Gasteiger partial charge in [-0.1, -0.05) is 52.3 Å². The van der Waals surface area contributed by atoms with Crippen molar-refractivity contribution in [2.75, 3.05) is 19.6 Å². The second-order valence-corrected chi connectivity index (χ2v) is 9.59. The van der Waals surface area contributed by atoms with Crippen LogP contribution >= 0.6 is 15.9 Å². The van der Waals surface area contributed by atoms with E-state index in [9.17, 15) is 4.79 Å². The third-order valence-electron chi connectivity index (χ3n) is 5.09. The van der Waals surface area contributed by atoms with Crippen LogP contribution in [0.2, 0.25) is 0 Å². The molecule has 0 aromatic heterocycles. The molecule has 3 rings (SSSR count). The van der Waals surface area contributed by atoms with Gasteiger partial charge in [0.15, 0.2) is 0 Å². The predicted octanol–water partition coefficient (Wildman–Crippen LogP) is 5.47. The highest BCUT2D eigenvalue weighted by Gasteiger charge is 2.30. The molecule has 0 N–H and O–H groups in total. The van der Waals surface area contributed by atoms with Crippen molar-refractivity contribution in [3.8, 4) is 5.75 Å². The van der Waals surface area contributed by atoms with Gasteiger partial charge in [-0.05, 0) is 45.4 Å². The Hall–Kier alpha value is -2.05. The van der Waals surface area contributed by atoms with E-state index in [0.717, 1.165) is 34.4 Å². The number of carbonyl (C=O) groups is 1. The Morgan fingerprint density at radius 2 is 1.83 bits per heavy atom. The lowest BCUT2D eigenvalue weighted by atomic mass is 10.1. The molecule has 1 fully saturated rings. The SMILES string of the molecule is C[C@@H]1CN(C(=O)OC(C)(C)C)CCN1Cc1c(Br)cccc1OCc1ccccc1. The number of rotatable bonds is 5. The second-order valence-electron chi connectivity index (χ2n) is 8.74. The number of piperazine rings is 1. The fraction of sp³-hybridized carbons (Fsp3) is 0.458. The van der Waals surface area contributed by atoms with Gasteiger partial charge in [-0.15, -0.1) is 0 Å². The number of carbonyl (C=O) groups excluding carboxylic acids is 1. The molecule has 0 radical (unpaired) electrons. The van der Waals surface area contributed by atoms with Crippen LogP contribution in [0.25, 0.3) is 0 Å². The number of hydrogen-bond donors (Lipinski definition) is 0. The van der Waals surface area contributed by atoms with E-state index in [1.165, 1.54) is 0 Å². The highest BCUT2D eigenvalue weighted by atomic mass is 79.9. The van der Waals surface area contributed by atoms with Gasteiger partial charge in [-0.3, -0.25) is 4.90 Å². The summed E-state index contributed by atoms with van der Waals surface area (Å²) in [7, 11) is 0. The van der Waals surface area contributed by atoms with Gasteiger partial charge in [0.2, 0.25) is 0 Å². The Kier molecular flexibility index (Phi) is 7.42. The lowest BCUT2D eigenvalue weighted by Gasteiger charge is -2.40. The lowest BCUT2D eigenvalue weighted by molar-refractivity contribution is 0.00445. The molecule has 1 atom stereocenters. The van der Waals surface area contributed by atoms with Crippen molar-refractivity contribution >= 4 is 22.0 Å². The van der Waals surface area contributed by atoms with Crippen LogP contribution in [0, 0.1) is 0 Å². The summed E-state index contributed by atoms with van der Waals surface area (Å²) < 4.78 is 12.7. The molecule has 2 aromatic rings. The van der Waals surface area contributed by atoms with E-state index in [2.05, 4.69) is 39.9 Å². The fourth-order valence-electron chi connectivity index (χ4n) is 3.49. The number of hydrogen-bond acceptors (Lipinski definition) is 4. The third-order valence-corrected chi connectivity index (χ3v) is 5.83. The average molecular weight is 475 g/mol. The standard InChI is InChI=1S/C24H31BrN2O3/c1-18-15-27(23(28)30-24(2,3)4)14-13-26(18)16-20-21(25)11-8-12-22(20)29-17-19-9-6-5-7-10-19/h5-12,18H,13-17H2,1-4H3/t18-/m1/s1. The third kappa shape index (κ3) is 6.22. The Balaban J connectivity index is 1.64. The smallest absolute Gasteiger partial charge is 0.410 e. The van der Waals surface area contributed by atoms with Gasteiger partial charge in [0.25, 0.3) is 0 Å². The second kappa shape index (κ2) is 9.84. The van der Waals surface area contributed by atoms with E-state index in [4.69, 9.17) is 9.47 Å². The lowest BCUT2D eigenvalue weighted by Crippen LogP contribution is -2.54. The first-order valence-corrected chi connectivity index (χ1v) is 11.2. The van der Waals surface area contributed by atoms with Crippen molar-refractivity contribution in [2.24, 2.45) is 0 Å². The largest absolute Gasteiger partial charge is 0.489 e. The predicted molar refractivity (Wildman–Crippen MR) is 123 cm³/mol. The summed E-state index contributed by atoms with van der Waals surface area (Å²) in [4.78, 5) is 16.6. The number of nitrogens with zero attached hydrogens (tertiary/aromatic N) is 2. The molecule has 1 saturated heterocycles. The number of halogens is 1. The minimum Gasteiger partial charge on any atom is -0.489 e. The van der Waals surface area contributed by atoms with E-state index >= 15 is 0 Å². The number of amides is 1. The summed E-state index contributed by atoms with van der Waals surface area (Å²) in [5.41, 5.74) is 1.80. The molecule has 0 saturated carbocycles. The Labute approximate surface area is 188 Å². The average Bonchev–Trinajstić information content (AvgIpc) is 2.69. The molecule has 1 heterocycles. The van der Waals surface area contributed by atoms with Gasteiger partial charge in [0.1, 0.15) is 18.0 Å². The molecule has 0 aliphatic carbocycles. The van der Waals surface area contributed by atoms with Gasteiger partial charge < -0.3 is 14.4 Å². The fourth-order valence-corrected chi connectivity index (χ4v) is 3.96. The summed E-state index contributed by atoms with van der Waals surface area (Å²) in [5.74, 6) is 0.884. The summed E-state index contributed by atoms with van der Waals surface area (Å²) in [6.07, 6.45) is -0.234. The number of ether oxygens (including phenoxy) is 2. The summed E-state index contributed by atoms with van der Waals surface area (Å²) in [5, 5.41) is 0. The van der Waals surface area contributed by atoms with Crippen LogP contribution in [0.1, 0.15) is 38.8 Å². The maximum atomic E-state index is 12.4. The molecule has 0 bridgehead atoms. The van der Waals surface area contributed by atoms with Gasteiger partial charge >= 0.3 is 6.09 Å². The maximum absolute atomic E-state index is 12.4. The molecular weight excluding hydrogens is 444 g/mol. The van der Waals surface area contributed by atoms with E-state index < -0.39 is 5.60 Å². The molecule has 30 heavy (non-hydrogen) atoms. The van der Waals surface area contributed by atoms with E-state index in [1.54, 1.807) is 4.90 Å². The monoisotopic (exact) mass is 474 g/mol.